The van der Waals surface area contributed by atoms with E-state index in [0.717, 1.165) is 12.0 Å². The van der Waals surface area contributed by atoms with Crippen molar-refractivity contribution in [3.8, 4) is 0 Å². The molecule has 1 saturated carbocycles. The molecule has 0 saturated heterocycles. The minimum Gasteiger partial charge on any atom is -0.311 e. The van der Waals surface area contributed by atoms with E-state index < -0.39 is 0 Å². The molecule has 0 radical (unpaired) electrons. The molecule has 90 valence electrons. The normalized spacial score (nSPS) is 27.1. The molecular formula is C14H23NS. The van der Waals surface area contributed by atoms with Gasteiger partial charge in [0, 0.05) is 17.0 Å². The third kappa shape index (κ3) is 3.33. The van der Waals surface area contributed by atoms with Gasteiger partial charge in [0.15, 0.2) is 0 Å². The fraction of sp³-hybridized carbons (Fsp3) is 0.714. The molecule has 0 aromatic carbocycles. The van der Waals surface area contributed by atoms with Crippen molar-refractivity contribution in [3.63, 3.8) is 0 Å². The summed E-state index contributed by atoms with van der Waals surface area (Å²) in [6, 6.07) is 5.79. The molecule has 3 atom stereocenters. The number of nitrogens with one attached hydrogen (secondary N) is 1. The highest BCUT2D eigenvalue weighted by atomic mass is 32.1. The van der Waals surface area contributed by atoms with E-state index in [9.17, 15) is 0 Å². The summed E-state index contributed by atoms with van der Waals surface area (Å²) in [5, 5.41) is 5.96. The summed E-state index contributed by atoms with van der Waals surface area (Å²) in [6.45, 7) is 4.64. The van der Waals surface area contributed by atoms with Crippen molar-refractivity contribution in [1.29, 1.82) is 0 Å². The predicted molar refractivity (Wildman–Crippen MR) is 72.0 cm³/mol. The molecule has 0 bridgehead atoms. The highest BCUT2D eigenvalue weighted by Crippen LogP contribution is 2.28. The van der Waals surface area contributed by atoms with Crippen molar-refractivity contribution in [1.82, 2.24) is 5.32 Å². The molecule has 1 aliphatic rings. The van der Waals surface area contributed by atoms with Crippen LogP contribution in [-0.2, 0) is 6.42 Å². The van der Waals surface area contributed by atoms with Gasteiger partial charge < -0.3 is 5.32 Å². The molecule has 1 N–H and O–H groups in total. The van der Waals surface area contributed by atoms with Crippen molar-refractivity contribution in [2.45, 2.75) is 58.0 Å². The Hall–Kier alpha value is -0.340. The van der Waals surface area contributed by atoms with Crippen LogP contribution in [0.2, 0.25) is 0 Å². The molecule has 0 amide bonds. The third-order valence-electron chi connectivity index (χ3n) is 3.73. The van der Waals surface area contributed by atoms with Crippen molar-refractivity contribution in [2.24, 2.45) is 5.92 Å². The van der Waals surface area contributed by atoms with Gasteiger partial charge in [-0.25, -0.2) is 0 Å². The van der Waals surface area contributed by atoms with Gasteiger partial charge in [-0.2, -0.15) is 0 Å². The van der Waals surface area contributed by atoms with Crippen LogP contribution in [0.15, 0.2) is 17.5 Å². The fourth-order valence-electron chi connectivity index (χ4n) is 2.79. The fourth-order valence-corrected chi connectivity index (χ4v) is 3.62. The van der Waals surface area contributed by atoms with E-state index in [2.05, 4.69) is 36.7 Å². The number of hydrogen-bond acceptors (Lipinski definition) is 2. The Labute approximate surface area is 103 Å². The van der Waals surface area contributed by atoms with Crippen molar-refractivity contribution < 1.29 is 0 Å². The molecule has 0 aliphatic heterocycles. The summed E-state index contributed by atoms with van der Waals surface area (Å²) in [4.78, 5) is 1.50. The maximum atomic E-state index is 3.79. The zero-order chi connectivity index (χ0) is 11.4. The third-order valence-corrected chi connectivity index (χ3v) is 4.62. The minimum atomic E-state index is 0.624. The molecule has 1 aliphatic carbocycles. The number of rotatable bonds is 5. The molecule has 3 unspecified atom stereocenters. The van der Waals surface area contributed by atoms with Crippen molar-refractivity contribution in [3.05, 3.63) is 22.4 Å². The largest absolute Gasteiger partial charge is 0.311 e. The van der Waals surface area contributed by atoms with Gasteiger partial charge in [0.25, 0.3) is 0 Å². The standard InChI is InChI=1S/C14H23NS/c1-3-12-6-7-13(10-12)15-11(2)9-14-5-4-8-16-14/h4-5,8,11-13,15H,3,6-7,9-10H2,1-2H3. The lowest BCUT2D eigenvalue weighted by molar-refractivity contribution is 0.429. The number of hydrogen-bond donors (Lipinski definition) is 1. The maximum absolute atomic E-state index is 3.79. The van der Waals surface area contributed by atoms with Crippen LogP contribution < -0.4 is 5.32 Å². The van der Waals surface area contributed by atoms with Gasteiger partial charge in [-0.1, -0.05) is 19.4 Å². The second kappa shape index (κ2) is 5.83. The van der Waals surface area contributed by atoms with E-state index in [1.807, 2.05) is 11.3 Å². The molecule has 1 nitrogen and oxygen atoms in total. The summed E-state index contributed by atoms with van der Waals surface area (Å²) in [7, 11) is 0. The van der Waals surface area contributed by atoms with Crippen LogP contribution in [-0.4, -0.2) is 12.1 Å². The van der Waals surface area contributed by atoms with Gasteiger partial charge in [-0.05, 0) is 50.0 Å². The second-order valence-corrected chi connectivity index (χ2v) is 6.17. The van der Waals surface area contributed by atoms with Crippen LogP contribution in [0.5, 0.6) is 0 Å². The molecule has 1 fully saturated rings. The Morgan fingerprint density at radius 3 is 3.00 bits per heavy atom. The Bertz CT molecular complexity index is 294. The predicted octanol–water partition coefficient (Wildman–Crippen LogP) is 3.85. The Morgan fingerprint density at radius 1 is 1.50 bits per heavy atom. The van der Waals surface area contributed by atoms with E-state index in [1.165, 1.54) is 37.0 Å². The lowest BCUT2D eigenvalue weighted by Crippen LogP contribution is -2.36. The van der Waals surface area contributed by atoms with E-state index in [0.29, 0.717) is 6.04 Å². The van der Waals surface area contributed by atoms with Gasteiger partial charge >= 0.3 is 0 Å². The smallest absolute Gasteiger partial charge is 0.00896 e. The molecule has 0 spiro atoms. The highest BCUT2D eigenvalue weighted by Gasteiger charge is 2.24. The van der Waals surface area contributed by atoms with Crippen molar-refractivity contribution >= 4 is 11.3 Å². The molecule has 1 aromatic heterocycles. The van der Waals surface area contributed by atoms with Crippen molar-refractivity contribution in [2.75, 3.05) is 0 Å². The molecule has 2 rings (SSSR count). The summed E-state index contributed by atoms with van der Waals surface area (Å²) in [5.41, 5.74) is 0. The van der Waals surface area contributed by atoms with E-state index in [1.54, 1.807) is 0 Å². The SMILES string of the molecule is CCC1CCC(NC(C)Cc2cccs2)C1. The molecule has 2 heteroatoms. The second-order valence-electron chi connectivity index (χ2n) is 5.14. The molecule has 1 heterocycles. The Balaban J connectivity index is 1.73. The zero-order valence-electron chi connectivity index (χ0n) is 10.4. The Kier molecular flexibility index (Phi) is 4.42. The van der Waals surface area contributed by atoms with Gasteiger partial charge in [0.1, 0.15) is 0 Å². The Morgan fingerprint density at radius 2 is 2.38 bits per heavy atom. The van der Waals surface area contributed by atoms with Crippen LogP contribution in [0.25, 0.3) is 0 Å². The lowest BCUT2D eigenvalue weighted by Gasteiger charge is -2.19. The van der Waals surface area contributed by atoms with Crippen LogP contribution >= 0.6 is 11.3 Å². The van der Waals surface area contributed by atoms with Crippen LogP contribution in [0.3, 0.4) is 0 Å². The lowest BCUT2D eigenvalue weighted by atomic mass is 10.1. The van der Waals surface area contributed by atoms with Crippen LogP contribution in [0.4, 0.5) is 0 Å². The molecule has 1 aromatic rings. The van der Waals surface area contributed by atoms with Gasteiger partial charge in [-0.15, -0.1) is 11.3 Å². The van der Waals surface area contributed by atoms with Gasteiger partial charge in [-0.3, -0.25) is 0 Å². The summed E-state index contributed by atoms with van der Waals surface area (Å²) in [5.74, 6) is 0.978. The quantitative estimate of drug-likeness (QED) is 0.820. The summed E-state index contributed by atoms with van der Waals surface area (Å²) in [6.07, 6.45) is 6.75. The van der Waals surface area contributed by atoms with Crippen LogP contribution in [0, 0.1) is 5.92 Å². The van der Waals surface area contributed by atoms with Gasteiger partial charge in [0.05, 0.1) is 0 Å². The first kappa shape index (κ1) is 12.1. The average Bonchev–Trinajstić information content (AvgIpc) is 2.89. The first-order valence-corrected chi connectivity index (χ1v) is 7.44. The maximum Gasteiger partial charge on any atom is 0.00896 e. The topological polar surface area (TPSA) is 12.0 Å². The van der Waals surface area contributed by atoms with Gasteiger partial charge in [0.2, 0.25) is 0 Å². The highest BCUT2D eigenvalue weighted by molar-refractivity contribution is 7.09. The zero-order valence-corrected chi connectivity index (χ0v) is 11.2. The monoisotopic (exact) mass is 237 g/mol. The average molecular weight is 237 g/mol. The molecular weight excluding hydrogens is 214 g/mol. The summed E-state index contributed by atoms with van der Waals surface area (Å²) < 4.78 is 0. The van der Waals surface area contributed by atoms with E-state index in [-0.39, 0.29) is 0 Å². The van der Waals surface area contributed by atoms with E-state index >= 15 is 0 Å². The first-order valence-electron chi connectivity index (χ1n) is 6.56. The summed E-state index contributed by atoms with van der Waals surface area (Å²) >= 11 is 1.87. The first-order chi connectivity index (χ1) is 7.78. The molecule has 16 heavy (non-hydrogen) atoms. The van der Waals surface area contributed by atoms with Crippen LogP contribution in [0.1, 0.15) is 44.4 Å². The minimum absolute atomic E-state index is 0.624. The number of thiophene rings is 1. The van der Waals surface area contributed by atoms with E-state index in [4.69, 9.17) is 0 Å².